The van der Waals surface area contributed by atoms with E-state index in [4.69, 9.17) is 5.73 Å². The molecule has 0 radical (unpaired) electrons. The molecule has 0 aromatic carbocycles. The van der Waals surface area contributed by atoms with Gasteiger partial charge in [-0.1, -0.05) is 12.8 Å². The van der Waals surface area contributed by atoms with E-state index in [2.05, 4.69) is 19.0 Å². The van der Waals surface area contributed by atoms with Crippen LogP contribution in [0, 0.1) is 0 Å². The minimum atomic E-state index is 0.420. The van der Waals surface area contributed by atoms with Gasteiger partial charge in [0.15, 0.2) is 0 Å². The summed E-state index contributed by atoms with van der Waals surface area (Å²) in [7, 11) is 4.24. The minimum absolute atomic E-state index is 0.420. The summed E-state index contributed by atoms with van der Waals surface area (Å²) >= 11 is 0. The lowest BCUT2D eigenvalue weighted by Gasteiger charge is -2.33. The molecule has 1 unspecified atom stereocenters. The van der Waals surface area contributed by atoms with Crippen LogP contribution >= 0.6 is 0 Å². The number of nitrogens with two attached hydrogens (primary N) is 1. The van der Waals surface area contributed by atoms with Crippen LogP contribution in [0.1, 0.15) is 25.7 Å². The summed E-state index contributed by atoms with van der Waals surface area (Å²) in [6, 6.07) is 1.05. The maximum Gasteiger partial charge on any atom is 0.0241 e. The van der Waals surface area contributed by atoms with Crippen molar-refractivity contribution < 1.29 is 0 Å². The van der Waals surface area contributed by atoms with Gasteiger partial charge in [-0.25, -0.2) is 0 Å². The Morgan fingerprint density at radius 2 is 1.80 bits per heavy atom. The monoisotopic (exact) mass is 142 g/mol. The maximum atomic E-state index is 5.94. The second-order valence-electron chi connectivity index (χ2n) is 3.48. The standard InChI is InChI=1S/C8H18N2/c1-10(2)8-6-4-3-5-7(8)9/h7-8H,3-6,9H2,1-2H3/t7?,8-/m1/s1. The van der Waals surface area contributed by atoms with E-state index >= 15 is 0 Å². The molecule has 10 heavy (non-hydrogen) atoms. The number of likely N-dealkylation sites (N-methyl/N-ethyl adjacent to an activating group) is 1. The summed E-state index contributed by atoms with van der Waals surface area (Å²) in [5.74, 6) is 0. The lowest BCUT2D eigenvalue weighted by atomic mass is 9.90. The Hall–Kier alpha value is -0.0800. The van der Waals surface area contributed by atoms with Crippen LogP contribution in [0.15, 0.2) is 0 Å². The fraction of sp³-hybridized carbons (Fsp3) is 1.00. The van der Waals surface area contributed by atoms with E-state index in [1.54, 1.807) is 0 Å². The molecule has 1 aliphatic carbocycles. The quantitative estimate of drug-likeness (QED) is 0.587. The van der Waals surface area contributed by atoms with Crippen LogP contribution in [0.4, 0.5) is 0 Å². The highest BCUT2D eigenvalue weighted by Crippen LogP contribution is 2.19. The molecular formula is C8H18N2. The average molecular weight is 142 g/mol. The molecule has 0 bridgehead atoms. The van der Waals surface area contributed by atoms with Crippen molar-refractivity contribution in [2.24, 2.45) is 5.73 Å². The fourth-order valence-corrected chi connectivity index (χ4v) is 1.78. The van der Waals surface area contributed by atoms with Crippen LogP contribution in [0.5, 0.6) is 0 Å². The first-order chi connectivity index (χ1) is 4.72. The van der Waals surface area contributed by atoms with Gasteiger partial charge in [0.2, 0.25) is 0 Å². The van der Waals surface area contributed by atoms with E-state index in [9.17, 15) is 0 Å². The van der Waals surface area contributed by atoms with Gasteiger partial charge < -0.3 is 10.6 Å². The van der Waals surface area contributed by atoms with Gasteiger partial charge in [0, 0.05) is 12.1 Å². The zero-order valence-electron chi connectivity index (χ0n) is 7.01. The smallest absolute Gasteiger partial charge is 0.0241 e. The Balaban J connectivity index is 2.40. The molecule has 60 valence electrons. The van der Waals surface area contributed by atoms with E-state index in [-0.39, 0.29) is 0 Å². The van der Waals surface area contributed by atoms with Crippen molar-refractivity contribution >= 4 is 0 Å². The Kier molecular flexibility index (Phi) is 2.69. The second kappa shape index (κ2) is 3.35. The Bertz CT molecular complexity index is 101. The van der Waals surface area contributed by atoms with Gasteiger partial charge in [-0.05, 0) is 26.9 Å². The lowest BCUT2D eigenvalue weighted by Crippen LogP contribution is -2.46. The third kappa shape index (κ3) is 1.70. The summed E-state index contributed by atoms with van der Waals surface area (Å²) in [6.45, 7) is 0. The highest BCUT2D eigenvalue weighted by Gasteiger charge is 2.22. The zero-order chi connectivity index (χ0) is 7.56. The van der Waals surface area contributed by atoms with Crippen LogP contribution in [0.2, 0.25) is 0 Å². The molecule has 1 rings (SSSR count). The van der Waals surface area contributed by atoms with Gasteiger partial charge >= 0.3 is 0 Å². The Morgan fingerprint density at radius 1 is 1.20 bits per heavy atom. The van der Waals surface area contributed by atoms with E-state index in [1.165, 1.54) is 25.7 Å². The summed E-state index contributed by atoms with van der Waals surface area (Å²) in [4.78, 5) is 2.25. The number of hydrogen-bond acceptors (Lipinski definition) is 2. The molecule has 2 N–H and O–H groups in total. The van der Waals surface area contributed by atoms with E-state index < -0.39 is 0 Å². The van der Waals surface area contributed by atoms with Crippen molar-refractivity contribution in [1.82, 2.24) is 4.90 Å². The van der Waals surface area contributed by atoms with Crippen LogP contribution in [-0.2, 0) is 0 Å². The summed E-state index contributed by atoms with van der Waals surface area (Å²) < 4.78 is 0. The van der Waals surface area contributed by atoms with Gasteiger partial charge in [0.05, 0.1) is 0 Å². The van der Waals surface area contributed by atoms with Crippen LogP contribution in [0.25, 0.3) is 0 Å². The van der Waals surface area contributed by atoms with Crippen LogP contribution < -0.4 is 5.73 Å². The van der Waals surface area contributed by atoms with Crippen molar-refractivity contribution in [2.45, 2.75) is 37.8 Å². The third-order valence-corrected chi connectivity index (χ3v) is 2.44. The minimum Gasteiger partial charge on any atom is -0.326 e. The molecule has 0 saturated heterocycles. The lowest BCUT2D eigenvalue weighted by molar-refractivity contribution is 0.201. The molecule has 0 spiro atoms. The largest absolute Gasteiger partial charge is 0.326 e. The van der Waals surface area contributed by atoms with E-state index in [0.717, 1.165) is 0 Å². The average Bonchev–Trinajstić information content (AvgIpc) is 1.88. The van der Waals surface area contributed by atoms with Crippen molar-refractivity contribution in [1.29, 1.82) is 0 Å². The molecule has 1 aliphatic rings. The SMILES string of the molecule is CN(C)[C@@H]1CCCCC1N. The van der Waals surface area contributed by atoms with Crippen LogP contribution in [-0.4, -0.2) is 31.1 Å². The molecular weight excluding hydrogens is 124 g/mol. The highest BCUT2D eigenvalue weighted by atomic mass is 15.1. The first-order valence-electron chi connectivity index (χ1n) is 4.14. The summed E-state index contributed by atoms with van der Waals surface area (Å²) in [5.41, 5.74) is 5.94. The summed E-state index contributed by atoms with van der Waals surface area (Å²) in [6.07, 6.45) is 5.18. The van der Waals surface area contributed by atoms with Crippen molar-refractivity contribution in [3.8, 4) is 0 Å². The molecule has 0 amide bonds. The highest BCUT2D eigenvalue weighted by molar-refractivity contribution is 4.82. The van der Waals surface area contributed by atoms with Crippen molar-refractivity contribution in [2.75, 3.05) is 14.1 Å². The summed E-state index contributed by atoms with van der Waals surface area (Å²) in [5, 5.41) is 0. The predicted octanol–water partition coefficient (Wildman–Crippen LogP) is 0.818. The van der Waals surface area contributed by atoms with Crippen LogP contribution in [0.3, 0.4) is 0 Å². The number of rotatable bonds is 1. The van der Waals surface area contributed by atoms with E-state index in [0.29, 0.717) is 12.1 Å². The number of nitrogens with zero attached hydrogens (tertiary/aromatic N) is 1. The van der Waals surface area contributed by atoms with Gasteiger partial charge in [-0.15, -0.1) is 0 Å². The van der Waals surface area contributed by atoms with Gasteiger partial charge in [0.1, 0.15) is 0 Å². The van der Waals surface area contributed by atoms with Gasteiger partial charge in [-0.3, -0.25) is 0 Å². The van der Waals surface area contributed by atoms with Gasteiger partial charge in [0.25, 0.3) is 0 Å². The van der Waals surface area contributed by atoms with Gasteiger partial charge in [-0.2, -0.15) is 0 Å². The molecule has 0 aromatic rings. The number of hydrogen-bond donors (Lipinski definition) is 1. The normalized spacial score (nSPS) is 34.8. The zero-order valence-corrected chi connectivity index (χ0v) is 7.01. The molecule has 0 heterocycles. The molecule has 2 heteroatoms. The topological polar surface area (TPSA) is 29.3 Å². The molecule has 0 aromatic heterocycles. The molecule has 2 nitrogen and oxygen atoms in total. The first-order valence-corrected chi connectivity index (χ1v) is 4.14. The third-order valence-electron chi connectivity index (χ3n) is 2.44. The fourth-order valence-electron chi connectivity index (χ4n) is 1.78. The molecule has 1 saturated carbocycles. The van der Waals surface area contributed by atoms with Crippen molar-refractivity contribution in [3.63, 3.8) is 0 Å². The predicted molar refractivity (Wildman–Crippen MR) is 43.9 cm³/mol. The molecule has 0 aliphatic heterocycles. The van der Waals surface area contributed by atoms with E-state index in [1.807, 2.05) is 0 Å². The molecule has 2 atom stereocenters. The Morgan fingerprint density at radius 3 is 2.20 bits per heavy atom. The van der Waals surface area contributed by atoms with Crippen molar-refractivity contribution in [3.05, 3.63) is 0 Å². The Labute approximate surface area is 63.4 Å². The first kappa shape index (κ1) is 8.02. The maximum absolute atomic E-state index is 5.94. The molecule has 1 fully saturated rings. The second-order valence-corrected chi connectivity index (χ2v) is 3.48.